The Morgan fingerprint density at radius 1 is 1.42 bits per heavy atom. The number of ether oxygens (including phenoxy) is 1. The summed E-state index contributed by atoms with van der Waals surface area (Å²) in [6.07, 6.45) is 0. The van der Waals surface area contributed by atoms with E-state index in [0.29, 0.717) is 5.75 Å². The number of hydrogen-bond acceptors (Lipinski definition) is 3. The molecule has 0 radical (unpaired) electrons. The summed E-state index contributed by atoms with van der Waals surface area (Å²) in [5, 5.41) is 2.39. The first kappa shape index (κ1) is 12.5. The van der Waals surface area contributed by atoms with E-state index in [1.165, 1.54) is 0 Å². The van der Waals surface area contributed by atoms with Crippen LogP contribution in [0.2, 0.25) is 0 Å². The van der Waals surface area contributed by atoms with Crippen LogP contribution in [0.5, 0.6) is 5.75 Å². The second kappa shape index (κ2) is 3.96. The molecule has 19 heavy (non-hydrogen) atoms. The van der Waals surface area contributed by atoms with Crippen molar-refractivity contribution in [2.24, 2.45) is 0 Å². The number of fused-ring (bicyclic) bond motifs is 2. The van der Waals surface area contributed by atoms with Crippen LogP contribution in [-0.4, -0.2) is 29.5 Å². The number of amides is 3. The van der Waals surface area contributed by atoms with Crippen LogP contribution in [0.3, 0.4) is 0 Å². The Bertz CT molecular complexity index is 587. The molecule has 6 heteroatoms. The van der Waals surface area contributed by atoms with Crippen LogP contribution >= 0.6 is 15.9 Å². The summed E-state index contributed by atoms with van der Waals surface area (Å²) < 4.78 is 6.51. The quantitative estimate of drug-likeness (QED) is 0.804. The highest BCUT2D eigenvalue weighted by Gasteiger charge is 2.59. The van der Waals surface area contributed by atoms with Gasteiger partial charge in [0.2, 0.25) is 0 Å². The lowest BCUT2D eigenvalue weighted by molar-refractivity contribution is -0.128. The summed E-state index contributed by atoms with van der Waals surface area (Å²) in [7, 11) is 0. The van der Waals surface area contributed by atoms with E-state index in [4.69, 9.17) is 4.74 Å². The molecule has 1 spiro atoms. The summed E-state index contributed by atoms with van der Waals surface area (Å²) in [6, 6.07) is 5.05. The third-order valence-corrected chi connectivity index (χ3v) is 4.06. The van der Waals surface area contributed by atoms with Crippen molar-refractivity contribution < 1.29 is 14.3 Å². The van der Waals surface area contributed by atoms with Crippen LogP contribution < -0.4 is 10.1 Å². The number of halogens is 1. The van der Waals surface area contributed by atoms with Crippen molar-refractivity contribution in [3.8, 4) is 5.75 Å². The molecule has 1 fully saturated rings. The minimum Gasteiger partial charge on any atom is -0.490 e. The molecule has 1 aromatic carbocycles. The molecule has 1 unspecified atom stereocenters. The summed E-state index contributed by atoms with van der Waals surface area (Å²) >= 11 is 3.37. The number of imide groups is 1. The van der Waals surface area contributed by atoms with Gasteiger partial charge in [-0.25, -0.2) is 4.79 Å². The molecule has 5 nitrogen and oxygen atoms in total. The summed E-state index contributed by atoms with van der Waals surface area (Å²) in [4.78, 5) is 25.9. The minimum atomic E-state index is -1.03. The Morgan fingerprint density at radius 3 is 2.84 bits per heavy atom. The second-order valence-corrected chi connectivity index (χ2v) is 5.93. The minimum absolute atomic E-state index is 0.0929. The number of urea groups is 1. The predicted octanol–water partition coefficient (Wildman–Crippen LogP) is 2.00. The van der Waals surface area contributed by atoms with Crippen molar-refractivity contribution in [2.45, 2.75) is 25.4 Å². The largest absolute Gasteiger partial charge is 0.490 e. The topological polar surface area (TPSA) is 58.6 Å². The highest BCUT2D eigenvalue weighted by Crippen LogP contribution is 2.45. The zero-order chi connectivity index (χ0) is 13.8. The standard InChI is InChI=1S/C13H13BrN2O3/c1-7(2)16-12(18)15-11(17)13(16)6-19-10-5-8(14)3-4-9(10)13/h3-5,7H,6H2,1-2H3,(H,15,17,18). The molecule has 0 aromatic heterocycles. The maximum atomic E-state index is 12.3. The number of nitrogens with one attached hydrogen (secondary N) is 1. The molecule has 0 saturated carbocycles. The van der Waals surface area contributed by atoms with E-state index in [0.717, 1.165) is 10.0 Å². The van der Waals surface area contributed by atoms with Gasteiger partial charge < -0.3 is 4.74 Å². The van der Waals surface area contributed by atoms with E-state index < -0.39 is 5.54 Å². The Morgan fingerprint density at radius 2 is 2.16 bits per heavy atom. The molecule has 0 aliphatic carbocycles. The van der Waals surface area contributed by atoms with Gasteiger partial charge in [-0.3, -0.25) is 15.0 Å². The molecule has 1 saturated heterocycles. The number of rotatable bonds is 1. The smallest absolute Gasteiger partial charge is 0.325 e. The molecule has 1 N–H and O–H groups in total. The summed E-state index contributed by atoms with van der Waals surface area (Å²) in [5.41, 5.74) is -0.283. The van der Waals surface area contributed by atoms with Crippen LogP contribution in [0.15, 0.2) is 22.7 Å². The van der Waals surface area contributed by atoms with Gasteiger partial charge >= 0.3 is 6.03 Å². The lowest BCUT2D eigenvalue weighted by atomic mass is 9.89. The van der Waals surface area contributed by atoms with Crippen molar-refractivity contribution in [1.82, 2.24) is 10.2 Å². The van der Waals surface area contributed by atoms with E-state index in [1.54, 1.807) is 4.90 Å². The Hall–Kier alpha value is -1.56. The number of carbonyl (C=O) groups is 2. The first-order chi connectivity index (χ1) is 8.96. The van der Waals surface area contributed by atoms with Gasteiger partial charge in [-0.15, -0.1) is 0 Å². The zero-order valence-electron chi connectivity index (χ0n) is 10.6. The van der Waals surface area contributed by atoms with Crippen LogP contribution in [0, 0.1) is 0 Å². The lowest BCUT2D eigenvalue weighted by Gasteiger charge is -2.33. The monoisotopic (exact) mass is 324 g/mol. The van der Waals surface area contributed by atoms with Gasteiger partial charge in [-0.05, 0) is 26.0 Å². The molecule has 2 heterocycles. The molecular weight excluding hydrogens is 312 g/mol. The second-order valence-electron chi connectivity index (χ2n) is 5.01. The number of benzene rings is 1. The maximum Gasteiger partial charge on any atom is 0.325 e. The fraction of sp³-hybridized carbons (Fsp3) is 0.385. The van der Waals surface area contributed by atoms with Crippen LogP contribution in [0.4, 0.5) is 4.79 Å². The molecule has 100 valence electrons. The fourth-order valence-corrected chi connectivity index (χ4v) is 3.16. The van der Waals surface area contributed by atoms with E-state index in [9.17, 15) is 9.59 Å². The van der Waals surface area contributed by atoms with Gasteiger partial charge in [-0.2, -0.15) is 0 Å². The molecule has 0 bridgehead atoms. The third-order valence-electron chi connectivity index (χ3n) is 3.57. The summed E-state index contributed by atoms with van der Waals surface area (Å²) in [5.74, 6) is 0.331. The van der Waals surface area contributed by atoms with Gasteiger partial charge in [0.1, 0.15) is 12.4 Å². The highest BCUT2D eigenvalue weighted by molar-refractivity contribution is 9.10. The molecule has 3 amide bonds. The van der Waals surface area contributed by atoms with E-state index in [1.807, 2.05) is 32.0 Å². The lowest BCUT2D eigenvalue weighted by Crippen LogP contribution is -2.51. The van der Waals surface area contributed by atoms with Crippen LogP contribution in [0.1, 0.15) is 19.4 Å². The van der Waals surface area contributed by atoms with E-state index >= 15 is 0 Å². The van der Waals surface area contributed by atoms with Crippen molar-refractivity contribution in [3.63, 3.8) is 0 Å². The Kier molecular flexibility index (Phi) is 2.60. The van der Waals surface area contributed by atoms with E-state index in [2.05, 4.69) is 21.2 Å². The molecule has 3 rings (SSSR count). The average molecular weight is 325 g/mol. The van der Waals surface area contributed by atoms with Crippen LogP contribution in [-0.2, 0) is 10.3 Å². The van der Waals surface area contributed by atoms with Gasteiger partial charge in [0.15, 0.2) is 5.54 Å². The van der Waals surface area contributed by atoms with Crippen LogP contribution in [0.25, 0.3) is 0 Å². The number of nitrogens with zero attached hydrogens (tertiary/aromatic N) is 1. The Balaban J connectivity index is 2.19. The molecular formula is C13H13BrN2O3. The van der Waals surface area contributed by atoms with Crippen molar-refractivity contribution >= 4 is 27.9 Å². The molecule has 1 atom stereocenters. The van der Waals surface area contributed by atoms with Gasteiger partial charge in [0.25, 0.3) is 5.91 Å². The van der Waals surface area contributed by atoms with Gasteiger partial charge in [0, 0.05) is 16.1 Å². The number of hydrogen-bond donors (Lipinski definition) is 1. The van der Waals surface area contributed by atoms with Crippen molar-refractivity contribution in [3.05, 3.63) is 28.2 Å². The molecule has 2 aliphatic rings. The fourth-order valence-electron chi connectivity index (χ4n) is 2.82. The van der Waals surface area contributed by atoms with Gasteiger partial charge in [0.05, 0.1) is 0 Å². The molecule has 1 aromatic rings. The zero-order valence-corrected chi connectivity index (χ0v) is 12.2. The SMILES string of the molecule is CC(C)N1C(=O)NC(=O)C12COc1cc(Br)ccc12. The normalized spacial score (nSPS) is 24.9. The average Bonchev–Trinajstić information content (AvgIpc) is 2.80. The van der Waals surface area contributed by atoms with Crippen molar-refractivity contribution in [1.29, 1.82) is 0 Å². The first-order valence-corrected chi connectivity index (χ1v) is 6.83. The Labute approximate surface area is 119 Å². The molecule has 2 aliphatic heterocycles. The third kappa shape index (κ3) is 1.52. The first-order valence-electron chi connectivity index (χ1n) is 6.04. The maximum absolute atomic E-state index is 12.3. The number of carbonyl (C=O) groups excluding carboxylic acids is 2. The van der Waals surface area contributed by atoms with E-state index in [-0.39, 0.29) is 24.6 Å². The van der Waals surface area contributed by atoms with Gasteiger partial charge in [-0.1, -0.05) is 22.0 Å². The van der Waals surface area contributed by atoms with Crippen molar-refractivity contribution in [2.75, 3.05) is 6.61 Å². The predicted molar refractivity (Wildman–Crippen MR) is 71.8 cm³/mol. The highest BCUT2D eigenvalue weighted by atomic mass is 79.9. The summed E-state index contributed by atoms with van der Waals surface area (Å²) in [6.45, 7) is 3.93.